The van der Waals surface area contributed by atoms with Crippen LogP contribution in [0.5, 0.6) is 0 Å². The third-order valence-corrected chi connectivity index (χ3v) is 14.2. The van der Waals surface area contributed by atoms with E-state index in [1.54, 1.807) is 44.2 Å². The van der Waals surface area contributed by atoms with Crippen LogP contribution in [0.2, 0.25) is 0 Å². The molecule has 0 unspecified atom stereocenters. The number of carbonyl (C=O) groups excluding carboxylic acids is 11. The second-order valence-electron chi connectivity index (χ2n) is 17.1. The molecule has 1 aromatic rings. The Morgan fingerprint density at radius 3 is 2.13 bits per heavy atom. The first kappa shape index (κ1) is 59.3. The number of hydrogen-bond acceptors (Lipinski definition) is 16. The average molecular weight is 1040 g/mol. The molecule has 0 saturated carbocycles. The number of hydroxylamine groups is 2. The number of carbonyl (C=O) groups is 11. The fourth-order valence-electron chi connectivity index (χ4n) is 7.45. The van der Waals surface area contributed by atoms with Crippen molar-refractivity contribution in [2.45, 2.75) is 120 Å². The van der Waals surface area contributed by atoms with Crippen molar-refractivity contribution in [2.24, 2.45) is 28.9 Å². The molecule has 2 heterocycles. The van der Waals surface area contributed by atoms with E-state index in [4.69, 9.17) is 27.8 Å². The Bertz CT molecular complexity index is 2060. The van der Waals surface area contributed by atoms with E-state index in [2.05, 4.69) is 37.2 Å². The van der Waals surface area contributed by atoms with Crippen LogP contribution in [0.25, 0.3) is 0 Å². The van der Waals surface area contributed by atoms with E-state index >= 15 is 0 Å². The summed E-state index contributed by atoms with van der Waals surface area (Å²) in [5, 5.41) is 18.9. The third kappa shape index (κ3) is 19.2. The van der Waals surface area contributed by atoms with Gasteiger partial charge in [0.05, 0.1) is 26.1 Å². The van der Waals surface area contributed by atoms with Crippen molar-refractivity contribution < 1.29 is 57.6 Å². The summed E-state index contributed by atoms with van der Waals surface area (Å²) in [5.41, 5.74) is 23.4. The number of amides is 11. The van der Waals surface area contributed by atoms with E-state index in [9.17, 15) is 52.7 Å². The minimum absolute atomic E-state index is 0.000857. The predicted octanol–water partition coefficient (Wildman–Crippen LogP) is -4.09. The van der Waals surface area contributed by atoms with Crippen molar-refractivity contribution in [2.75, 3.05) is 45.3 Å². The molecule has 2 aliphatic rings. The number of primary amides is 2. The van der Waals surface area contributed by atoms with Crippen molar-refractivity contribution in [3.05, 3.63) is 35.9 Å². The summed E-state index contributed by atoms with van der Waals surface area (Å²) in [5.74, 6) is -9.86. The molecule has 2 fully saturated rings. The highest BCUT2D eigenvalue weighted by Gasteiger charge is 2.41. The summed E-state index contributed by atoms with van der Waals surface area (Å²) in [4.78, 5) is 155. The standard InChI is InChI=1S/C44H69N13O12S2/c1-5-24(2)36-43(67)51-28(15-16-35(60)56(3)69-4)39(63)53-30(20-33(47)58)40(64)54-31(23-71-70-22-26(46)37(61)52-29(41(65)55-36)19-25-11-7-6-8-12-25)44(68)57-18-10-14-32(57)42(66)50-27(13-9-17-45)38(62)49-21-34(48)59/h6-8,11-12,24,26-32,36H,5,9-10,13-23,45-46H2,1-4H3,(H2,47,58)(H2,48,59)(H,49,62)(H,50,66)(H,51,67)(H,52,61)(H,53,63)(H,54,64)(H,55,65)/t24-,26-,27-,28-,29-,30-,31-,32-,36-/m0/s1. The second-order valence-corrected chi connectivity index (χ2v) is 19.7. The second kappa shape index (κ2) is 30.0. The van der Waals surface area contributed by atoms with Crippen LogP contribution in [0.3, 0.4) is 0 Å². The minimum atomic E-state index is -1.75. The van der Waals surface area contributed by atoms with Crippen LogP contribution < -0.4 is 60.2 Å². The van der Waals surface area contributed by atoms with Crippen LogP contribution in [0.4, 0.5) is 0 Å². The van der Waals surface area contributed by atoms with Crippen molar-refractivity contribution in [3.63, 3.8) is 0 Å². The monoisotopic (exact) mass is 1040 g/mol. The zero-order valence-corrected chi connectivity index (χ0v) is 42.0. The molecule has 11 amide bonds. The van der Waals surface area contributed by atoms with Crippen LogP contribution in [0, 0.1) is 5.92 Å². The third-order valence-electron chi connectivity index (χ3n) is 11.8. The number of nitrogens with two attached hydrogens (primary N) is 4. The molecule has 9 atom stereocenters. The Morgan fingerprint density at radius 1 is 0.859 bits per heavy atom. The lowest BCUT2D eigenvalue weighted by Crippen LogP contribution is -2.61. The zero-order chi connectivity index (χ0) is 52.8. The topological polar surface area (TPSA) is 392 Å². The number of benzene rings is 1. The zero-order valence-electron chi connectivity index (χ0n) is 40.4. The first-order valence-corrected chi connectivity index (χ1v) is 25.7. The van der Waals surface area contributed by atoms with Gasteiger partial charge in [0, 0.05) is 37.9 Å². The smallest absolute Gasteiger partial charge is 0.246 e. The van der Waals surface area contributed by atoms with Gasteiger partial charge in [-0.3, -0.25) is 57.6 Å². The quantitative estimate of drug-likeness (QED) is 0.0464. The van der Waals surface area contributed by atoms with Gasteiger partial charge in [0.1, 0.15) is 42.3 Å². The number of nitrogens with one attached hydrogen (secondary N) is 7. The van der Waals surface area contributed by atoms with Crippen LogP contribution >= 0.6 is 21.6 Å². The highest BCUT2D eigenvalue weighted by molar-refractivity contribution is 8.76. The molecule has 15 N–H and O–H groups in total. The summed E-state index contributed by atoms with van der Waals surface area (Å²) in [6.45, 7) is 3.18. The Morgan fingerprint density at radius 2 is 1.49 bits per heavy atom. The van der Waals surface area contributed by atoms with E-state index < -0.39 is 132 Å². The van der Waals surface area contributed by atoms with Gasteiger partial charge in [-0.25, -0.2) is 5.06 Å². The number of hydrogen-bond donors (Lipinski definition) is 11. The number of nitrogens with zero attached hydrogens (tertiary/aromatic N) is 2. The maximum Gasteiger partial charge on any atom is 0.246 e. The van der Waals surface area contributed by atoms with E-state index in [1.165, 1.54) is 19.1 Å². The summed E-state index contributed by atoms with van der Waals surface area (Å²) >= 11 is 0. The van der Waals surface area contributed by atoms with Crippen LogP contribution in [-0.4, -0.2) is 169 Å². The van der Waals surface area contributed by atoms with Crippen LogP contribution in [0.15, 0.2) is 30.3 Å². The first-order chi connectivity index (χ1) is 33.7. The number of likely N-dealkylation sites (tertiary alicyclic amines) is 1. The van der Waals surface area contributed by atoms with Gasteiger partial charge in [-0.15, -0.1) is 0 Å². The molecule has 25 nitrogen and oxygen atoms in total. The molecule has 2 saturated heterocycles. The van der Waals surface area contributed by atoms with Crippen molar-refractivity contribution in [3.8, 4) is 0 Å². The van der Waals surface area contributed by atoms with Gasteiger partial charge < -0.3 is 65.1 Å². The van der Waals surface area contributed by atoms with Crippen LogP contribution in [0.1, 0.15) is 70.8 Å². The molecule has 2 aliphatic heterocycles. The van der Waals surface area contributed by atoms with Crippen molar-refractivity contribution in [1.82, 2.24) is 47.2 Å². The summed E-state index contributed by atoms with van der Waals surface area (Å²) in [7, 11) is 4.65. The summed E-state index contributed by atoms with van der Waals surface area (Å²) < 4.78 is 0. The Balaban J connectivity index is 2.07. The lowest BCUT2D eigenvalue weighted by atomic mass is 9.96. The van der Waals surface area contributed by atoms with Gasteiger partial charge >= 0.3 is 0 Å². The average Bonchev–Trinajstić information content (AvgIpc) is 3.84. The highest BCUT2D eigenvalue weighted by Crippen LogP contribution is 2.26. The van der Waals surface area contributed by atoms with Crippen LogP contribution in [-0.2, 0) is 64.0 Å². The van der Waals surface area contributed by atoms with Crippen molar-refractivity contribution in [1.29, 1.82) is 0 Å². The lowest BCUT2D eigenvalue weighted by Gasteiger charge is -2.31. The van der Waals surface area contributed by atoms with Gasteiger partial charge in [0.2, 0.25) is 65.0 Å². The molecule has 71 heavy (non-hydrogen) atoms. The summed E-state index contributed by atoms with van der Waals surface area (Å²) in [6.07, 6.45) is -0.257. The predicted molar refractivity (Wildman–Crippen MR) is 262 cm³/mol. The Kier molecular flexibility index (Phi) is 25.0. The van der Waals surface area contributed by atoms with E-state index in [1.807, 2.05) is 0 Å². The van der Waals surface area contributed by atoms with Gasteiger partial charge in [0.25, 0.3) is 0 Å². The van der Waals surface area contributed by atoms with Gasteiger partial charge in [-0.05, 0) is 50.1 Å². The van der Waals surface area contributed by atoms with Gasteiger partial charge in [0.15, 0.2) is 0 Å². The molecule has 0 bridgehead atoms. The largest absolute Gasteiger partial charge is 0.370 e. The first-order valence-electron chi connectivity index (χ1n) is 23.2. The molecular weight excluding hydrogens is 967 g/mol. The Hall–Kier alpha value is -6.03. The molecule has 0 aliphatic carbocycles. The Labute approximate surface area is 420 Å². The number of rotatable bonds is 19. The summed E-state index contributed by atoms with van der Waals surface area (Å²) in [6, 6.07) is -2.05. The molecule has 394 valence electrons. The van der Waals surface area contributed by atoms with E-state index in [0.29, 0.717) is 24.8 Å². The minimum Gasteiger partial charge on any atom is -0.370 e. The van der Waals surface area contributed by atoms with E-state index in [-0.39, 0.29) is 56.7 Å². The molecule has 0 spiro atoms. The molecule has 27 heteroatoms. The maximum absolute atomic E-state index is 14.5. The molecule has 3 rings (SSSR count). The SMILES string of the molecule is CC[C@H](C)[C@@H]1NC(=O)[C@H](Cc2ccccc2)NC(=O)[C@@H](N)CSSC[C@@H](C(=O)N2CCC[C@H]2C(=O)N[C@@H](CCCN)C(=O)NCC(N)=O)NC(=O)[C@H](CC(N)=O)NC(=O)[C@H](CCC(=O)N(C)OC)NC1=O. The maximum atomic E-state index is 14.5. The fourth-order valence-corrected chi connectivity index (χ4v) is 9.73. The lowest BCUT2D eigenvalue weighted by molar-refractivity contribution is -0.169. The highest BCUT2D eigenvalue weighted by atomic mass is 33.1. The molecule has 1 aromatic carbocycles. The van der Waals surface area contributed by atoms with Crippen molar-refractivity contribution >= 4 is 86.6 Å². The fraction of sp³-hybridized carbons (Fsp3) is 0.614. The van der Waals surface area contributed by atoms with Gasteiger partial charge in [-0.1, -0.05) is 72.2 Å². The van der Waals surface area contributed by atoms with Gasteiger partial charge in [-0.2, -0.15) is 0 Å². The molecule has 0 aromatic heterocycles. The molecule has 0 radical (unpaired) electrons. The normalized spacial score (nSPS) is 23.8. The van der Waals surface area contributed by atoms with E-state index in [0.717, 1.165) is 26.7 Å². The molecular formula is C44H69N13O12S2.